The Hall–Kier alpha value is -1.76. The second-order valence-electron chi connectivity index (χ2n) is 7.30. The first-order valence-electron chi connectivity index (χ1n) is 9.35. The van der Waals surface area contributed by atoms with Crippen LogP contribution in [0, 0.1) is 6.92 Å². The molecule has 2 aromatic rings. The number of aliphatic hydroxyl groups is 3. The summed E-state index contributed by atoms with van der Waals surface area (Å²) in [5.41, 5.74) is 1.23. The highest BCUT2D eigenvalue weighted by Gasteiger charge is 2.52. The number of thioether (sulfide) groups is 1. The van der Waals surface area contributed by atoms with Gasteiger partial charge in [0.15, 0.2) is 0 Å². The number of hydrogen-bond acceptors (Lipinski definition) is 6. The summed E-state index contributed by atoms with van der Waals surface area (Å²) in [4.78, 5) is 27.7. The molecule has 152 valence electrons. The summed E-state index contributed by atoms with van der Waals surface area (Å²) in [6, 6.07) is 13.6. The van der Waals surface area contributed by atoms with Crippen LogP contribution in [-0.2, 0) is 0 Å². The molecule has 4 rings (SSSR count). The molecule has 2 amide bonds. The molecule has 2 aliphatic heterocycles. The highest BCUT2D eigenvalue weighted by molar-refractivity contribution is 8.04. The zero-order chi connectivity index (χ0) is 20.7. The third-order valence-corrected chi connectivity index (χ3v) is 8.87. The Labute approximate surface area is 174 Å². The number of nitrogens with zero attached hydrogens (tertiary/aromatic N) is 1. The molecule has 2 heterocycles. The van der Waals surface area contributed by atoms with Crippen molar-refractivity contribution in [2.24, 2.45) is 0 Å². The standard InChI is InChI=1S/C21H22NO5PS/c1-11-6-8-12(9-7-11)29-21-16(18(25)17(24)15(10-23)28-21)22-19(26)13-4-2-3-5-14(13)20(22)27/h2-9,15-18,21,23-25,28H,10H2,1H3. The van der Waals surface area contributed by atoms with Crippen LogP contribution in [0.1, 0.15) is 26.3 Å². The highest BCUT2D eigenvalue weighted by Crippen LogP contribution is 2.49. The van der Waals surface area contributed by atoms with Gasteiger partial charge >= 0.3 is 0 Å². The van der Waals surface area contributed by atoms with Crippen LogP contribution in [0.4, 0.5) is 0 Å². The zero-order valence-corrected chi connectivity index (χ0v) is 17.5. The topological polar surface area (TPSA) is 98.1 Å². The van der Waals surface area contributed by atoms with Crippen LogP contribution in [-0.4, -0.2) is 67.5 Å². The number of aliphatic hydroxyl groups excluding tert-OH is 3. The van der Waals surface area contributed by atoms with E-state index in [1.54, 1.807) is 24.3 Å². The van der Waals surface area contributed by atoms with E-state index in [0.29, 0.717) is 11.1 Å². The minimum absolute atomic E-state index is 0.0629. The number of imide groups is 1. The first kappa shape index (κ1) is 20.5. The van der Waals surface area contributed by atoms with Gasteiger partial charge in [0.25, 0.3) is 11.8 Å². The van der Waals surface area contributed by atoms with Gasteiger partial charge in [-0.05, 0) is 31.2 Å². The van der Waals surface area contributed by atoms with E-state index in [9.17, 15) is 24.9 Å². The third kappa shape index (κ3) is 3.62. The van der Waals surface area contributed by atoms with Gasteiger partial charge in [-0.3, -0.25) is 14.5 Å². The summed E-state index contributed by atoms with van der Waals surface area (Å²) in [6.45, 7) is 1.72. The summed E-state index contributed by atoms with van der Waals surface area (Å²) in [7, 11) is 0.0629. The van der Waals surface area contributed by atoms with Crippen molar-refractivity contribution >= 4 is 32.2 Å². The Bertz CT molecular complexity index is 902. The van der Waals surface area contributed by atoms with Crippen molar-refractivity contribution < 1.29 is 24.9 Å². The molecule has 8 heteroatoms. The van der Waals surface area contributed by atoms with E-state index in [0.717, 1.165) is 15.4 Å². The van der Waals surface area contributed by atoms with Crippen molar-refractivity contribution in [3.8, 4) is 0 Å². The lowest BCUT2D eigenvalue weighted by atomic mass is 10.0. The van der Waals surface area contributed by atoms with Crippen molar-refractivity contribution in [2.45, 2.75) is 40.7 Å². The first-order chi connectivity index (χ1) is 13.9. The van der Waals surface area contributed by atoms with E-state index in [2.05, 4.69) is 0 Å². The predicted octanol–water partition coefficient (Wildman–Crippen LogP) is 1.85. The van der Waals surface area contributed by atoms with Gasteiger partial charge in [-0.15, -0.1) is 11.8 Å². The average molecular weight is 431 g/mol. The second-order valence-corrected chi connectivity index (χ2v) is 10.6. The van der Waals surface area contributed by atoms with E-state index >= 15 is 0 Å². The number of hydrogen-bond donors (Lipinski definition) is 3. The maximum Gasteiger partial charge on any atom is 0.261 e. The van der Waals surface area contributed by atoms with E-state index in [-0.39, 0.29) is 20.2 Å². The van der Waals surface area contributed by atoms with Crippen molar-refractivity contribution in [3.63, 3.8) is 0 Å². The number of aryl methyl sites for hydroxylation is 1. The van der Waals surface area contributed by atoms with Crippen LogP contribution >= 0.6 is 20.3 Å². The normalized spacial score (nSPS) is 30.1. The molecule has 0 aliphatic carbocycles. The predicted molar refractivity (Wildman–Crippen MR) is 113 cm³/mol. The number of benzene rings is 2. The van der Waals surface area contributed by atoms with E-state index in [1.807, 2.05) is 31.2 Å². The molecule has 6 atom stereocenters. The minimum Gasteiger partial charge on any atom is -0.396 e. The van der Waals surface area contributed by atoms with Gasteiger partial charge in [0.05, 0.1) is 34.9 Å². The second kappa shape index (κ2) is 8.17. The lowest BCUT2D eigenvalue weighted by molar-refractivity contribution is -0.0347. The molecule has 1 fully saturated rings. The van der Waals surface area contributed by atoms with Crippen molar-refractivity contribution in [3.05, 3.63) is 65.2 Å². The molecule has 2 aromatic carbocycles. The number of rotatable bonds is 4. The highest BCUT2D eigenvalue weighted by atomic mass is 32.2. The molecule has 0 spiro atoms. The lowest BCUT2D eigenvalue weighted by Gasteiger charge is -2.45. The molecule has 29 heavy (non-hydrogen) atoms. The van der Waals surface area contributed by atoms with Gasteiger partial charge in [-0.1, -0.05) is 38.4 Å². The Morgan fingerprint density at radius 2 is 1.55 bits per heavy atom. The number of fused-ring (bicyclic) bond motifs is 1. The third-order valence-electron chi connectivity index (χ3n) is 5.40. The Morgan fingerprint density at radius 1 is 0.966 bits per heavy atom. The number of carbonyl (C=O) groups excluding carboxylic acids is 2. The van der Waals surface area contributed by atoms with E-state index < -0.39 is 35.7 Å². The van der Waals surface area contributed by atoms with Crippen molar-refractivity contribution in [2.75, 3.05) is 6.61 Å². The SMILES string of the molecule is Cc1ccc(SC2PC(CO)C(O)C(O)C2N2C(=O)c3ccccc3C2=O)cc1. The molecular formula is C21H22NO5PS. The molecular weight excluding hydrogens is 409 g/mol. The Kier molecular flexibility index (Phi) is 5.78. The van der Waals surface area contributed by atoms with Gasteiger partial charge in [0.2, 0.25) is 0 Å². The summed E-state index contributed by atoms with van der Waals surface area (Å²) >= 11 is 1.46. The van der Waals surface area contributed by atoms with Gasteiger partial charge in [0.1, 0.15) is 6.10 Å². The van der Waals surface area contributed by atoms with Crippen LogP contribution in [0.3, 0.4) is 0 Å². The van der Waals surface area contributed by atoms with E-state index in [1.165, 1.54) is 11.8 Å². The molecule has 6 nitrogen and oxygen atoms in total. The molecule has 3 N–H and O–H groups in total. The van der Waals surface area contributed by atoms with Crippen LogP contribution in [0.2, 0.25) is 0 Å². The van der Waals surface area contributed by atoms with E-state index in [4.69, 9.17) is 0 Å². The molecule has 6 unspecified atom stereocenters. The molecule has 0 aromatic heterocycles. The van der Waals surface area contributed by atoms with Crippen molar-refractivity contribution in [1.82, 2.24) is 4.90 Å². The van der Waals surface area contributed by atoms with Gasteiger partial charge in [-0.25, -0.2) is 0 Å². The van der Waals surface area contributed by atoms with Crippen LogP contribution < -0.4 is 0 Å². The fourth-order valence-corrected chi connectivity index (χ4v) is 7.50. The number of carbonyl (C=O) groups is 2. The van der Waals surface area contributed by atoms with Gasteiger partial charge in [0, 0.05) is 10.6 Å². The summed E-state index contributed by atoms with van der Waals surface area (Å²) in [5.74, 6) is -0.910. The molecule has 0 bridgehead atoms. The van der Waals surface area contributed by atoms with Crippen molar-refractivity contribution in [1.29, 1.82) is 0 Å². The number of amides is 2. The molecule has 1 saturated heterocycles. The maximum atomic E-state index is 13.0. The maximum absolute atomic E-state index is 13.0. The average Bonchev–Trinajstić information content (AvgIpc) is 2.97. The molecule has 0 radical (unpaired) electrons. The fraction of sp³-hybridized carbons (Fsp3) is 0.333. The van der Waals surface area contributed by atoms with Crippen LogP contribution in [0.25, 0.3) is 0 Å². The monoisotopic (exact) mass is 431 g/mol. The fourth-order valence-electron chi connectivity index (χ4n) is 3.82. The van der Waals surface area contributed by atoms with Crippen LogP contribution in [0.15, 0.2) is 53.4 Å². The van der Waals surface area contributed by atoms with Gasteiger partial charge in [-0.2, -0.15) is 0 Å². The lowest BCUT2D eigenvalue weighted by Crippen LogP contribution is -2.60. The molecule has 2 aliphatic rings. The quantitative estimate of drug-likeness (QED) is 0.505. The van der Waals surface area contributed by atoms with Crippen LogP contribution in [0.5, 0.6) is 0 Å². The first-order valence-corrected chi connectivity index (χ1v) is 11.4. The Balaban J connectivity index is 1.70. The molecule has 0 saturated carbocycles. The smallest absolute Gasteiger partial charge is 0.261 e. The minimum atomic E-state index is -1.33. The summed E-state index contributed by atoms with van der Waals surface area (Å²) in [5, 5.41) is 31.1. The largest absolute Gasteiger partial charge is 0.396 e. The Morgan fingerprint density at radius 3 is 2.10 bits per heavy atom. The van der Waals surface area contributed by atoms with Gasteiger partial charge < -0.3 is 15.3 Å². The summed E-state index contributed by atoms with van der Waals surface area (Å²) < 4.78 is 0. The zero-order valence-electron chi connectivity index (χ0n) is 15.7. The summed E-state index contributed by atoms with van der Waals surface area (Å²) in [6.07, 6.45) is -2.54.